The Kier molecular flexibility index (Phi) is 1.46. The molecule has 2 heteroatoms. The Labute approximate surface area is 60.6 Å². The molecule has 1 N–H and O–H groups in total. The highest BCUT2D eigenvalue weighted by atomic mass is 32.2. The van der Waals surface area contributed by atoms with Gasteiger partial charge in [-0.25, -0.2) is 0 Å². The second-order valence-corrected chi connectivity index (χ2v) is 4.24. The van der Waals surface area contributed by atoms with Crippen molar-refractivity contribution < 1.29 is 0 Å². The van der Waals surface area contributed by atoms with E-state index < -0.39 is 0 Å². The lowest BCUT2D eigenvalue weighted by Gasteiger charge is -2.04. The molecule has 1 saturated heterocycles. The van der Waals surface area contributed by atoms with E-state index in [1.165, 1.54) is 18.6 Å². The van der Waals surface area contributed by atoms with E-state index in [1.807, 2.05) is 0 Å². The summed E-state index contributed by atoms with van der Waals surface area (Å²) in [6, 6.07) is 0.873. The number of fused-ring (bicyclic) bond motifs is 1. The molecule has 3 atom stereocenters. The normalized spacial score (nSPS) is 48.3. The fraction of sp³-hybridized carbons (Fsp3) is 1.00. The second-order valence-electron chi connectivity index (χ2n) is 2.96. The Hall–Kier alpha value is 0.310. The highest BCUT2D eigenvalue weighted by Gasteiger charge is 2.50. The van der Waals surface area contributed by atoms with Gasteiger partial charge in [0.1, 0.15) is 0 Å². The van der Waals surface area contributed by atoms with Gasteiger partial charge in [-0.15, -0.1) is 0 Å². The summed E-state index contributed by atoms with van der Waals surface area (Å²) in [5.74, 6) is 2.44. The van der Waals surface area contributed by atoms with Gasteiger partial charge in [0.05, 0.1) is 0 Å². The zero-order valence-electron chi connectivity index (χ0n) is 5.76. The molecule has 1 aliphatic heterocycles. The summed E-state index contributed by atoms with van der Waals surface area (Å²) in [7, 11) is 2.09. The number of thioether (sulfide) groups is 1. The molecular formula is C7H13NS. The molecule has 1 heterocycles. The number of hydrogen-bond acceptors (Lipinski definition) is 2. The van der Waals surface area contributed by atoms with Gasteiger partial charge in [0, 0.05) is 11.3 Å². The minimum Gasteiger partial charge on any atom is -0.316 e. The molecule has 2 fully saturated rings. The van der Waals surface area contributed by atoms with Gasteiger partial charge in [0.25, 0.3) is 0 Å². The summed E-state index contributed by atoms with van der Waals surface area (Å²) in [4.78, 5) is 0. The van der Waals surface area contributed by atoms with Crippen molar-refractivity contribution >= 4 is 11.8 Å². The number of hydrogen-bond donors (Lipinski definition) is 1. The molecule has 1 unspecified atom stereocenters. The van der Waals surface area contributed by atoms with Crippen LogP contribution in [0.1, 0.15) is 12.8 Å². The predicted octanol–water partition coefficient (Wildman–Crippen LogP) is 1.10. The van der Waals surface area contributed by atoms with Crippen LogP contribution in [0.4, 0.5) is 0 Å². The summed E-state index contributed by atoms with van der Waals surface area (Å²) in [5.41, 5.74) is 0. The maximum Gasteiger partial charge on any atom is 0.0247 e. The highest BCUT2D eigenvalue weighted by molar-refractivity contribution is 8.00. The van der Waals surface area contributed by atoms with Gasteiger partial charge in [0.15, 0.2) is 0 Å². The van der Waals surface area contributed by atoms with E-state index in [0.717, 1.165) is 17.2 Å². The van der Waals surface area contributed by atoms with E-state index in [4.69, 9.17) is 0 Å². The zero-order chi connectivity index (χ0) is 6.27. The molecule has 0 aromatic heterocycles. The van der Waals surface area contributed by atoms with Gasteiger partial charge < -0.3 is 5.32 Å². The fourth-order valence-electron chi connectivity index (χ4n) is 1.83. The third kappa shape index (κ3) is 0.887. The summed E-state index contributed by atoms with van der Waals surface area (Å²) in [5, 5.41) is 4.35. The van der Waals surface area contributed by atoms with Crippen LogP contribution in [-0.2, 0) is 0 Å². The van der Waals surface area contributed by atoms with Crippen molar-refractivity contribution in [2.45, 2.75) is 24.1 Å². The van der Waals surface area contributed by atoms with E-state index in [1.54, 1.807) is 0 Å². The lowest BCUT2D eigenvalue weighted by Crippen LogP contribution is -2.12. The minimum atomic E-state index is 0.873. The monoisotopic (exact) mass is 143 g/mol. The molecule has 0 spiro atoms. The van der Waals surface area contributed by atoms with Crippen molar-refractivity contribution in [3.63, 3.8) is 0 Å². The maximum atomic E-state index is 3.36. The maximum absolute atomic E-state index is 3.36. The molecule has 52 valence electrons. The van der Waals surface area contributed by atoms with Crippen molar-refractivity contribution in [2.75, 3.05) is 12.8 Å². The molecule has 1 nitrogen and oxygen atoms in total. The van der Waals surface area contributed by atoms with Crippen LogP contribution in [0.15, 0.2) is 0 Å². The zero-order valence-corrected chi connectivity index (χ0v) is 6.58. The van der Waals surface area contributed by atoms with Crippen molar-refractivity contribution in [1.82, 2.24) is 5.32 Å². The SMILES string of the molecule is CNC1[C@H]2CCCS[C@@H]12. The van der Waals surface area contributed by atoms with E-state index in [9.17, 15) is 0 Å². The number of rotatable bonds is 1. The highest BCUT2D eigenvalue weighted by Crippen LogP contribution is 2.48. The van der Waals surface area contributed by atoms with E-state index >= 15 is 0 Å². The molecular weight excluding hydrogens is 130 g/mol. The molecule has 1 saturated carbocycles. The van der Waals surface area contributed by atoms with Crippen LogP contribution in [0, 0.1) is 5.92 Å². The van der Waals surface area contributed by atoms with E-state index in [2.05, 4.69) is 24.1 Å². The largest absolute Gasteiger partial charge is 0.316 e. The lowest BCUT2D eigenvalue weighted by molar-refractivity contribution is 0.642. The Morgan fingerprint density at radius 1 is 1.56 bits per heavy atom. The molecule has 0 radical (unpaired) electrons. The summed E-state index contributed by atoms with van der Waals surface area (Å²) in [6.45, 7) is 0. The summed E-state index contributed by atoms with van der Waals surface area (Å²) >= 11 is 2.16. The van der Waals surface area contributed by atoms with E-state index in [-0.39, 0.29) is 0 Å². The van der Waals surface area contributed by atoms with Crippen molar-refractivity contribution in [2.24, 2.45) is 5.92 Å². The van der Waals surface area contributed by atoms with Crippen LogP contribution >= 0.6 is 11.8 Å². The molecule has 0 bridgehead atoms. The smallest absolute Gasteiger partial charge is 0.0247 e. The second kappa shape index (κ2) is 2.17. The average molecular weight is 143 g/mol. The van der Waals surface area contributed by atoms with Crippen molar-refractivity contribution in [3.05, 3.63) is 0 Å². The van der Waals surface area contributed by atoms with Crippen LogP contribution in [0.2, 0.25) is 0 Å². The van der Waals surface area contributed by atoms with Gasteiger partial charge in [-0.05, 0) is 31.6 Å². The Balaban J connectivity index is 1.91. The molecule has 0 amide bonds. The minimum absolute atomic E-state index is 0.873. The van der Waals surface area contributed by atoms with Gasteiger partial charge in [-0.1, -0.05) is 0 Å². The summed E-state index contributed by atoms with van der Waals surface area (Å²) < 4.78 is 0. The summed E-state index contributed by atoms with van der Waals surface area (Å²) in [6.07, 6.45) is 2.92. The van der Waals surface area contributed by atoms with Gasteiger partial charge in [-0.2, -0.15) is 11.8 Å². The Morgan fingerprint density at radius 2 is 2.44 bits per heavy atom. The number of nitrogens with one attached hydrogen (secondary N) is 1. The lowest BCUT2D eigenvalue weighted by atomic mass is 10.2. The van der Waals surface area contributed by atoms with Crippen LogP contribution in [0.25, 0.3) is 0 Å². The van der Waals surface area contributed by atoms with Crippen LogP contribution in [0.5, 0.6) is 0 Å². The van der Waals surface area contributed by atoms with Crippen LogP contribution in [0.3, 0.4) is 0 Å². The Bertz CT molecular complexity index is 96.7. The van der Waals surface area contributed by atoms with Crippen LogP contribution in [-0.4, -0.2) is 24.1 Å². The quantitative estimate of drug-likeness (QED) is 0.590. The predicted molar refractivity (Wildman–Crippen MR) is 41.8 cm³/mol. The van der Waals surface area contributed by atoms with Gasteiger partial charge >= 0.3 is 0 Å². The first-order valence-corrected chi connectivity index (χ1v) is 4.77. The average Bonchev–Trinajstić information content (AvgIpc) is 2.60. The molecule has 2 rings (SSSR count). The Morgan fingerprint density at radius 3 is 3.00 bits per heavy atom. The van der Waals surface area contributed by atoms with Gasteiger partial charge in [0.2, 0.25) is 0 Å². The van der Waals surface area contributed by atoms with Crippen LogP contribution < -0.4 is 5.32 Å². The fourth-order valence-corrected chi connectivity index (χ4v) is 3.44. The molecule has 9 heavy (non-hydrogen) atoms. The standard InChI is InChI=1S/C7H13NS/c1-8-6-5-3-2-4-9-7(5)6/h5-8H,2-4H2,1H3/t5-,6?,7-/m1/s1. The molecule has 0 aromatic carbocycles. The first-order valence-electron chi connectivity index (χ1n) is 3.72. The van der Waals surface area contributed by atoms with Crippen molar-refractivity contribution in [1.29, 1.82) is 0 Å². The first kappa shape index (κ1) is 6.05. The third-order valence-electron chi connectivity index (χ3n) is 2.42. The van der Waals surface area contributed by atoms with Gasteiger partial charge in [-0.3, -0.25) is 0 Å². The van der Waals surface area contributed by atoms with Crippen molar-refractivity contribution in [3.8, 4) is 0 Å². The first-order chi connectivity index (χ1) is 4.43. The van der Waals surface area contributed by atoms with E-state index in [0.29, 0.717) is 0 Å². The molecule has 2 aliphatic rings. The molecule has 0 aromatic rings. The molecule has 1 aliphatic carbocycles. The third-order valence-corrected chi connectivity index (χ3v) is 3.97. The topological polar surface area (TPSA) is 12.0 Å².